The van der Waals surface area contributed by atoms with Crippen LogP contribution in [-0.4, -0.2) is 27.6 Å². The van der Waals surface area contributed by atoms with Crippen LogP contribution < -0.4 is 4.90 Å². The van der Waals surface area contributed by atoms with E-state index in [0.29, 0.717) is 27.9 Å². The fourth-order valence-corrected chi connectivity index (χ4v) is 5.58. The molecule has 0 saturated carbocycles. The highest BCUT2D eigenvalue weighted by molar-refractivity contribution is 9.10. The smallest absolute Gasteiger partial charge is 0.267 e. The molecule has 2 aliphatic heterocycles. The van der Waals surface area contributed by atoms with Gasteiger partial charge >= 0.3 is 0 Å². The quantitative estimate of drug-likeness (QED) is 0.252. The third-order valence-electron chi connectivity index (χ3n) is 5.47. The molecule has 0 aromatic heterocycles. The molecule has 0 aliphatic carbocycles. The van der Waals surface area contributed by atoms with Gasteiger partial charge in [0, 0.05) is 16.6 Å². The molecule has 31 heavy (non-hydrogen) atoms. The summed E-state index contributed by atoms with van der Waals surface area (Å²) in [5.74, 6) is -0.300. The molecule has 0 radical (unpaired) electrons. The van der Waals surface area contributed by atoms with Crippen LogP contribution in [0.5, 0.6) is 0 Å². The number of thioether (sulfide) groups is 1. The van der Waals surface area contributed by atoms with Crippen LogP contribution >= 0.6 is 39.9 Å². The normalized spacial score (nSPS) is 18.3. The molecule has 7 heteroatoms. The van der Waals surface area contributed by atoms with E-state index in [1.54, 1.807) is 4.90 Å². The summed E-state index contributed by atoms with van der Waals surface area (Å²) in [6.07, 6.45) is 4.32. The number of halogens is 1. The van der Waals surface area contributed by atoms with Crippen molar-refractivity contribution >= 4 is 67.3 Å². The summed E-state index contributed by atoms with van der Waals surface area (Å²) in [7, 11) is 0. The Morgan fingerprint density at radius 2 is 1.74 bits per heavy atom. The predicted octanol–water partition coefficient (Wildman–Crippen LogP) is 6.15. The van der Waals surface area contributed by atoms with Crippen LogP contribution in [0.2, 0.25) is 0 Å². The number of carbonyl (C=O) groups excluding carboxylic acids is 2. The maximum atomic E-state index is 13.5. The van der Waals surface area contributed by atoms with Crippen LogP contribution in [0.3, 0.4) is 0 Å². The molecular formula is C24H23BrN2O2S2. The highest BCUT2D eigenvalue weighted by atomic mass is 79.9. The first-order chi connectivity index (χ1) is 15.0. The van der Waals surface area contributed by atoms with Crippen molar-refractivity contribution in [1.82, 2.24) is 4.90 Å². The van der Waals surface area contributed by atoms with Crippen molar-refractivity contribution in [1.29, 1.82) is 0 Å². The fraction of sp³-hybridized carbons (Fsp3) is 0.292. The van der Waals surface area contributed by atoms with Crippen molar-refractivity contribution in [3.63, 3.8) is 0 Å². The zero-order valence-corrected chi connectivity index (χ0v) is 20.5. The van der Waals surface area contributed by atoms with E-state index in [4.69, 9.17) is 12.2 Å². The summed E-state index contributed by atoms with van der Waals surface area (Å²) < 4.78 is 1.37. The van der Waals surface area contributed by atoms with E-state index in [2.05, 4.69) is 22.9 Å². The molecule has 4 rings (SSSR count). The van der Waals surface area contributed by atoms with Crippen LogP contribution in [0, 0.1) is 0 Å². The number of unbranched alkanes of at least 4 members (excludes halogenated alkanes) is 3. The lowest BCUT2D eigenvalue weighted by Crippen LogP contribution is -2.29. The maximum absolute atomic E-state index is 13.5. The average molecular weight is 515 g/mol. The van der Waals surface area contributed by atoms with Crippen molar-refractivity contribution in [2.45, 2.75) is 39.2 Å². The van der Waals surface area contributed by atoms with Gasteiger partial charge in [0.1, 0.15) is 4.32 Å². The van der Waals surface area contributed by atoms with Crippen LogP contribution in [0.25, 0.3) is 5.57 Å². The van der Waals surface area contributed by atoms with E-state index in [1.807, 2.05) is 53.4 Å². The van der Waals surface area contributed by atoms with Crippen LogP contribution in [-0.2, 0) is 16.1 Å². The lowest BCUT2D eigenvalue weighted by molar-refractivity contribution is -0.122. The molecule has 2 heterocycles. The van der Waals surface area contributed by atoms with Gasteiger partial charge in [-0.3, -0.25) is 14.5 Å². The monoisotopic (exact) mass is 514 g/mol. The molecule has 1 saturated heterocycles. The summed E-state index contributed by atoms with van der Waals surface area (Å²) in [5, 5.41) is 0. The van der Waals surface area contributed by atoms with E-state index in [0.717, 1.165) is 47.0 Å². The fourth-order valence-electron chi connectivity index (χ4n) is 3.89. The molecule has 2 aromatic carbocycles. The van der Waals surface area contributed by atoms with E-state index in [-0.39, 0.29) is 11.8 Å². The van der Waals surface area contributed by atoms with E-state index >= 15 is 0 Å². The Morgan fingerprint density at radius 1 is 0.968 bits per heavy atom. The highest BCUT2D eigenvalue weighted by Gasteiger charge is 2.41. The van der Waals surface area contributed by atoms with Gasteiger partial charge in [0.2, 0.25) is 0 Å². The summed E-state index contributed by atoms with van der Waals surface area (Å²) in [4.78, 5) is 30.6. The molecule has 0 N–H and O–H groups in total. The number of carbonyl (C=O) groups is 2. The summed E-state index contributed by atoms with van der Waals surface area (Å²) in [6.45, 7) is 3.23. The second-order valence-electron chi connectivity index (χ2n) is 7.63. The Morgan fingerprint density at radius 3 is 2.48 bits per heavy atom. The molecule has 160 valence electrons. The Kier molecular flexibility index (Phi) is 6.94. The molecule has 2 aliphatic rings. The molecule has 2 aromatic rings. The van der Waals surface area contributed by atoms with Gasteiger partial charge in [0.15, 0.2) is 0 Å². The molecule has 0 bridgehead atoms. The van der Waals surface area contributed by atoms with Crippen molar-refractivity contribution in [2.75, 3.05) is 11.4 Å². The van der Waals surface area contributed by atoms with E-state index in [9.17, 15) is 9.59 Å². The summed E-state index contributed by atoms with van der Waals surface area (Å²) in [6, 6.07) is 15.6. The third kappa shape index (κ3) is 4.49. The maximum Gasteiger partial charge on any atom is 0.267 e. The second kappa shape index (κ2) is 9.67. The van der Waals surface area contributed by atoms with Crippen LogP contribution in [0.1, 0.15) is 43.7 Å². The number of benzene rings is 2. The third-order valence-corrected chi connectivity index (χ3v) is 7.41. The van der Waals surface area contributed by atoms with Gasteiger partial charge in [-0.2, -0.15) is 0 Å². The minimum atomic E-state index is -0.194. The number of amides is 2. The first-order valence-electron chi connectivity index (χ1n) is 10.4. The van der Waals surface area contributed by atoms with Gasteiger partial charge in [-0.15, -0.1) is 0 Å². The Bertz CT molecular complexity index is 1070. The SMILES string of the molecule is CCCCCCN1C(=O)/C(=C2\SC(=S)N(Cc3ccccc3)C2=O)c2cc(Br)ccc21. The minimum Gasteiger partial charge on any atom is -0.308 e. The first-order valence-corrected chi connectivity index (χ1v) is 12.5. The number of thiocarbonyl (C=S) groups is 1. The predicted molar refractivity (Wildman–Crippen MR) is 135 cm³/mol. The minimum absolute atomic E-state index is 0.107. The van der Waals surface area contributed by atoms with E-state index < -0.39 is 0 Å². The van der Waals surface area contributed by atoms with Gasteiger partial charge in [0.25, 0.3) is 11.8 Å². The van der Waals surface area contributed by atoms with Crippen molar-refractivity contribution in [3.05, 3.63) is 69.0 Å². The molecule has 0 unspecified atom stereocenters. The highest BCUT2D eigenvalue weighted by Crippen LogP contribution is 2.45. The molecular weight excluding hydrogens is 492 g/mol. The van der Waals surface area contributed by atoms with Gasteiger partial charge < -0.3 is 4.90 Å². The van der Waals surface area contributed by atoms with E-state index in [1.165, 1.54) is 11.8 Å². The van der Waals surface area contributed by atoms with Crippen molar-refractivity contribution < 1.29 is 9.59 Å². The number of fused-ring (bicyclic) bond motifs is 1. The average Bonchev–Trinajstić information content (AvgIpc) is 3.18. The van der Waals surface area contributed by atoms with Crippen molar-refractivity contribution in [3.8, 4) is 0 Å². The largest absolute Gasteiger partial charge is 0.308 e. The lowest BCUT2D eigenvalue weighted by Gasteiger charge is -2.17. The standard InChI is InChI=1S/C24H23BrN2O2S2/c1-2-3-4-8-13-26-19-12-11-17(25)14-18(19)20(22(26)28)21-23(29)27(24(30)31-21)15-16-9-6-5-7-10-16/h5-7,9-12,14H,2-4,8,13,15H2,1H3/b21-20-. The second-order valence-corrected chi connectivity index (χ2v) is 10.2. The summed E-state index contributed by atoms with van der Waals surface area (Å²) >= 11 is 10.3. The zero-order valence-electron chi connectivity index (χ0n) is 17.3. The van der Waals surface area contributed by atoms with Gasteiger partial charge in [-0.1, -0.05) is 96.4 Å². The number of rotatable bonds is 7. The number of hydrogen-bond acceptors (Lipinski definition) is 4. The number of hydrogen-bond donors (Lipinski definition) is 0. The molecule has 0 atom stereocenters. The van der Waals surface area contributed by atoms with Crippen LogP contribution in [0.15, 0.2) is 57.9 Å². The Balaban J connectivity index is 1.67. The number of nitrogens with zero attached hydrogens (tertiary/aromatic N) is 2. The summed E-state index contributed by atoms with van der Waals surface area (Å²) in [5.41, 5.74) is 3.14. The topological polar surface area (TPSA) is 40.6 Å². The van der Waals surface area contributed by atoms with Crippen molar-refractivity contribution in [2.24, 2.45) is 0 Å². The molecule has 0 spiro atoms. The number of anilines is 1. The Hall–Kier alpha value is -1.96. The van der Waals surface area contributed by atoms with Gasteiger partial charge in [-0.25, -0.2) is 0 Å². The van der Waals surface area contributed by atoms with Crippen LogP contribution in [0.4, 0.5) is 5.69 Å². The van der Waals surface area contributed by atoms with Gasteiger partial charge in [0.05, 0.1) is 22.7 Å². The zero-order chi connectivity index (χ0) is 22.0. The Labute approximate surface area is 200 Å². The molecule has 4 nitrogen and oxygen atoms in total. The molecule has 2 amide bonds. The molecule has 1 fully saturated rings. The first kappa shape index (κ1) is 22.2. The van der Waals surface area contributed by atoms with Gasteiger partial charge in [-0.05, 0) is 30.2 Å². The lowest BCUT2D eigenvalue weighted by atomic mass is 10.1.